The van der Waals surface area contributed by atoms with Crippen LogP contribution in [-0.2, 0) is 12.8 Å². The Morgan fingerprint density at radius 3 is 2.90 bits per heavy atom. The fraction of sp³-hybridized carbons (Fsp3) is 0.294. The van der Waals surface area contributed by atoms with Crippen molar-refractivity contribution in [3.8, 4) is 11.4 Å². The molecule has 1 aromatic carbocycles. The van der Waals surface area contributed by atoms with Gasteiger partial charge in [-0.15, -0.1) is 11.3 Å². The van der Waals surface area contributed by atoms with Crippen LogP contribution in [0.5, 0.6) is 0 Å². The molecule has 2 heterocycles. The van der Waals surface area contributed by atoms with Crippen molar-refractivity contribution in [2.45, 2.75) is 32.1 Å². The SMILES string of the molecule is O=c1[nH]c(-c2csc3ccccc23)nc2c1CCCCC2. The van der Waals surface area contributed by atoms with E-state index < -0.39 is 0 Å². The van der Waals surface area contributed by atoms with Gasteiger partial charge in [-0.2, -0.15) is 0 Å². The fourth-order valence-corrected chi connectivity index (χ4v) is 4.01. The van der Waals surface area contributed by atoms with Crippen molar-refractivity contribution >= 4 is 21.4 Å². The molecule has 4 heteroatoms. The lowest BCUT2D eigenvalue weighted by atomic mass is 10.1. The summed E-state index contributed by atoms with van der Waals surface area (Å²) in [5.74, 6) is 0.720. The van der Waals surface area contributed by atoms with Crippen LogP contribution < -0.4 is 5.56 Å². The number of fused-ring (bicyclic) bond motifs is 2. The van der Waals surface area contributed by atoms with Crippen LogP contribution in [0.25, 0.3) is 21.5 Å². The Labute approximate surface area is 126 Å². The first-order chi connectivity index (χ1) is 10.3. The maximum Gasteiger partial charge on any atom is 0.254 e. The maximum absolute atomic E-state index is 12.4. The van der Waals surface area contributed by atoms with Gasteiger partial charge < -0.3 is 4.98 Å². The van der Waals surface area contributed by atoms with Crippen molar-refractivity contribution in [1.29, 1.82) is 0 Å². The van der Waals surface area contributed by atoms with Gasteiger partial charge in [0.2, 0.25) is 0 Å². The number of thiophene rings is 1. The molecule has 0 saturated carbocycles. The highest BCUT2D eigenvalue weighted by molar-refractivity contribution is 7.17. The van der Waals surface area contributed by atoms with E-state index in [-0.39, 0.29) is 5.56 Å². The van der Waals surface area contributed by atoms with Crippen LogP contribution in [0.1, 0.15) is 30.5 Å². The van der Waals surface area contributed by atoms with E-state index >= 15 is 0 Å². The Bertz CT molecular complexity index is 863. The van der Waals surface area contributed by atoms with Crippen molar-refractivity contribution < 1.29 is 0 Å². The molecule has 0 fully saturated rings. The quantitative estimate of drug-likeness (QED) is 0.692. The third kappa shape index (κ3) is 2.20. The molecule has 1 aliphatic rings. The number of aromatic nitrogens is 2. The Balaban J connectivity index is 1.91. The lowest BCUT2D eigenvalue weighted by Gasteiger charge is -2.06. The van der Waals surface area contributed by atoms with Gasteiger partial charge in [0.25, 0.3) is 5.56 Å². The average Bonchev–Trinajstić information content (AvgIpc) is 2.78. The molecule has 1 aliphatic carbocycles. The molecule has 2 aromatic heterocycles. The summed E-state index contributed by atoms with van der Waals surface area (Å²) in [6.07, 6.45) is 5.20. The van der Waals surface area contributed by atoms with Crippen LogP contribution in [0.3, 0.4) is 0 Å². The molecule has 3 aromatic rings. The number of aryl methyl sites for hydroxylation is 1. The maximum atomic E-state index is 12.4. The first-order valence-electron chi connectivity index (χ1n) is 7.41. The minimum absolute atomic E-state index is 0.0483. The molecule has 0 unspecified atom stereocenters. The van der Waals surface area contributed by atoms with E-state index in [0.29, 0.717) is 0 Å². The molecule has 21 heavy (non-hydrogen) atoms. The van der Waals surface area contributed by atoms with E-state index in [4.69, 9.17) is 4.98 Å². The van der Waals surface area contributed by atoms with Crippen LogP contribution in [-0.4, -0.2) is 9.97 Å². The summed E-state index contributed by atoms with van der Waals surface area (Å²) < 4.78 is 1.23. The number of H-pyrrole nitrogens is 1. The van der Waals surface area contributed by atoms with Gasteiger partial charge in [0.15, 0.2) is 0 Å². The van der Waals surface area contributed by atoms with Gasteiger partial charge in [0.1, 0.15) is 5.82 Å². The molecular formula is C17H16N2OS. The normalized spacial score (nSPS) is 14.9. The monoisotopic (exact) mass is 296 g/mol. The van der Waals surface area contributed by atoms with E-state index in [1.165, 1.54) is 16.5 Å². The second-order valence-electron chi connectivity index (χ2n) is 5.55. The van der Waals surface area contributed by atoms with Crippen molar-refractivity contribution in [3.05, 3.63) is 51.3 Å². The Kier molecular flexibility index (Phi) is 3.11. The zero-order chi connectivity index (χ0) is 14.2. The van der Waals surface area contributed by atoms with E-state index in [0.717, 1.165) is 48.3 Å². The predicted molar refractivity (Wildman–Crippen MR) is 86.9 cm³/mol. The Morgan fingerprint density at radius 1 is 1.10 bits per heavy atom. The highest BCUT2D eigenvalue weighted by Crippen LogP contribution is 2.32. The largest absolute Gasteiger partial charge is 0.306 e. The molecule has 106 valence electrons. The predicted octanol–water partition coefficient (Wildman–Crippen LogP) is 3.92. The number of hydrogen-bond donors (Lipinski definition) is 1. The first kappa shape index (κ1) is 12.8. The average molecular weight is 296 g/mol. The van der Waals surface area contributed by atoms with Gasteiger partial charge in [0.05, 0.1) is 5.69 Å². The molecular weight excluding hydrogens is 280 g/mol. The van der Waals surface area contributed by atoms with Gasteiger partial charge >= 0.3 is 0 Å². The second-order valence-corrected chi connectivity index (χ2v) is 6.46. The Morgan fingerprint density at radius 2 is 1.95 bits per heavy atom. The van der Waals surface area contributed by atoms with Crippen molar-refractivity contribution in [3.63, 3.8) is 0 Å². The number of hydrogen-bond acceptors (Lipinski definition) is 3. The van der Waals surface area contributed by atoms with E-state index in [2.05, 4.69) is 22.5 Å². The van der Waals surface area contributed by atoms with Crippen LogP contribution in [0.15, 0.2) is 34.4 Å². The summed E-state index contributed by atoms with van der Waals surface area (Å²) in [7, 11) is 0. The lowest BCUT2D eigenvalue weighted by molar-refractivity contribution is 0.708. The van der Waals surface area contributed by atoms with Gasteiger partial charge in [-0.05, 0) is 31.7 Å². The molecule has 0 amide bonds. The lowest BCUT2D eigenvalue weighted by Crippen LogP contribution is -2.18. The summed E-state index contributed by atoms with van der Waals surface area (Å²) in [5, 5.41) is 3.26. The number of nitrogens with zero attached hydrogens (tertiary/aromatic N) is 1. The third-order valence-electron chi connectivity index (χ3n) is 4.18. The summed E-state index contributed by atoms with van der Waals surface area (Å²) in [5.41, 5.74) is 2.99. The third-order valence-corrected chi connectivity index (χ3v) is 5.14. The second kappa shape index (κ2) is 5.11. The molecule has 0 aliphatic heterocycles. The first-order valence-corrected chi connectivity index (χ1v) is 8.29. The molecule has 1 N–H and O–H groups in total. The molecule has 0 atom stereocenters. The Hall–Kier alpha value is -1.94. The van der Waals surface area contributed by atoms with Crippen LogP contribution in [0.2, 0.25) is 0 Å². The highest BCUT2D eigenvalue weighted by atomic mass is 32.1. The molecule has 0 saturated heterocycles. The standard InChI is InChI=1S/C17H16N2OS/c20-17-12-7-2-1-3-8-14(12)18-16(19-17)13-10-21-15-9-5-4-6-11(13)15/h4-6,9-10H,1-3,7-8H2,(H,18,19,20). The molecule has 0 radical (unpaired) electrons. The van der Waals surface area contributed by atoms with Crippen molar-refractivity contribution in [2.75, 3.05) is 0 Å². The molecule has 3 nitrogen and oxygen atoms in total. The number of aromatic amines is 1. The smallest absolute Gasteiger partial charge is 0.254 e. The van der Waals surface area contributed by atoms with Gasteiger partial charge in [-0.1, -0.05) is 24.6 Å². The zero-order valence-corrected chi connectivity index (χ0v) is 12.5. The van der Waals surface area contributed by atoms with E-state index in [9.17, 15) is 4.79 Å². The highest BCUT2D eigenvalue weighted by Gasteiger charge is 2.16. The van der Waals surface area contributed by atoms with Gasteiger partial charge in [-0.3, -0.25) is 4.79 Å². The topological polar surface area (TPSA) is 45.8 Å². The van der Waals surface area contributed by atoms with E-state index in [1.54, 1.807) is 11.3 Å². The number of rotatable bonds is 1. The minimum atomic E-state index is 0.0483. The van der Waals surface area contributed by atoms with Crippen LogP contribution in [0, 0.1) is 0 Å². The molecule has 4 rings (SSSR count). The van der Waals surface area contributed by atoms with Gasteiger partial charge in [-0.25, -0.2) is 4.98 Å². The van der Waals surface area contributed by atoms with E-state index in [1.807, 2.05) is 12.1 Å². The van der Waals surface area contributed by atoms with Crippen molar-refractivity contribution in [1.82, 2.24) is 9.97 Å². The summed E-state index contributed by atoms with van der Waals surface area (Å²) in [4.78, 5) is 20.2. The van der Waals surface area contributed by atoms with Crippen LogP contribution in [0.4, 0.5) is 0 Å². The number of benzene rings is 1. The minimum Gasteiger partial charge on any atom is -0.306 e. The number of nitrogens with one attached hydrogen (secondary N) is 1. The summed E-state index contributed by atoms with van der Waals surface area (Å²) >= 11 is 1.69. The molecule has 0 bridgehead atoms. The van der Waals surface area contributed by atoms with Crippen LogP contribution >= 0.6 is 11.3 Å². The molecule has 0 spiro atoms. The summed E-state index contributed by atoms with van der Waals surface area (Å²) in [6, 6.07) is 8.26. The zero-order valence-electron chi connectivity index (χ0n) is 11.7. The van der Waals surface area contributed by atoms with Gasteiger partial charge in [0, 0.05) is 26.6 Å². The van der Waals surface area contributed by atoms with Crippen molar-refractivity contribution in [2.24, 2.45) is 0 Å². The fourth-order valence-electron chi connectivity index (χ4n) is 3.07. The summed E-state index contributed by atoms with van der Waals surface area (Å²) in [6.45, 7) is 0.